The number of aromatic nitrogens is 2. The number of hydrogen-bond donors (Lipinski definition) is 1. The molecule has 0 fully saturated rings. The van der Waals surface area contributed by atoms with E-state index in [1.165, 1.54) is 24.7 Å². The predicted octanol–water partition coefficient (Wildman–Crippen LogP) is 0.574. The van der Waals surface area contributed by atoms with Gasteiger partial charge < -0.3 is 5.11 Å². The normalized spacial score (nSPS) is 10.2. The molecule has 1 N–H and O–H groups in total. The molecule has 1 rings (SSSR count). The van der Waals surface area contributed by atoms with Crippen LogP contribution < -0.4 is 0 Å². The molecule has 4 heteroatoms. The van der Waals surface area contributed by atoms with Crippen LogP contribution in [0.1, 0.15) is 5.69 Å². The van der Waals surface area contributed by atoms with E-state index in [1.807, 2.05) is 0 Å². The largest absolute Gasteiger partial charge is 0.478 e. The number of carbonyl (C=O) groups is 1. The van der Waals surface area contributed by atoms with Crippen LogP contribution >= 0.6 is 0 Å². The van der Waals surface area contributed by atoms with Crippen molar-refractivity contribution in [1.29, 1.82) is 0 Å². The maximum atomic E-state index is 10.0. The van der Waals surface area contributed by atoms with E-state index in [4.69, 9.17) is 5.11 Å². The summed E-state index contributed by atoms with van der Waals surface area (Å²) in [4.78, 5) is 17.6. The summed E-state index contributed by atoms with van der Waals surface area (Å²) >= 11 is 0. The van der Waals surface area contributed by atoms with E-state index in [9.17, 15) is 4.79 Å². The third kappa shape index (κ3) is 2.57. The van der Waals surface area contributed by atoms with E-state index in [-0.39, 0.29) is 0 Å². The molecular weight excluding hydrogens is 144 g/mol. The Hall–Kier alpha value is -1.71. The number of hydrogen-bond acceptors (Lipinski definition) is 3. The Kier molecular flexibility index (Phi) is 2.32. The molecule has 0 aliphatic rings. The summed E-state index contributed by atoms with van der Waals surface area (Å²) in [5.74, 6) is -0.990. The first-order chi connectivity index (χ1) is 5.29. The molecule has 0 bridgehead atoms. The van der Waals surface area contributed by atoms with Crippen LogP contribution in [0.25, 0.3) is 6.08 Å². The van der Waals surface area contributed by atoms with Crippen molar-refractivity contribution in [3.8, 4) is 0 Å². The van der Waals surface area contributed by atoms with Gasteiger partial charge in [0.25, 0.3) is 0 Å². The highest BCUT2D eigenvalue weighted by molar-refractivity contribution is 5.84. The molecule has 0 radical (unpaired) electrons. The van der Waals surface area contributed by atoms with Crippen molar-refractivity contribution in [1.82, 2.24) is 9.97 Å². The van der Waals surface area contributed by atoms with Gasteiger partial charge in [-0.05, 0) is 6.08 Å². The first-order valence-corrected chi connectivity index (χ1v) is 2.96. The second kappa shape index (κ2) is 3.46. The van der Waals surface area contributed by atoms with Gasteiger partial charge in [0.05, 0.1) is 11.9 Å². The third-order valence-corrected chi connectivity index (χ3v) is 0.980. The van der Waals surface area contributed by atoms with E-state index in [0.29, 0.717) is 5.69 Å². The van der Waals surface area contributed by atoms with Gasteiger partial charge in [-0.2, -0.15) is 0 Å². The smallest absolute Gasteiger partial charge is 0.328 e. The van der Waals surface area contributed by atoms with Crippen molar-refractivity contribution in [2.24, 2.45) is 0 Å². The number of nitrogens with zero attached hydrogens (tertiary/aromatic N) is 2. The molecule has 0 spiro atoms. The van der Waals surface area contributed by atoms with E-state index in [2.05, 4.69) is 9.97 Å². The van der Waals surface area contributed by atoms with Gasteiger partial charge in [0.2, 0.25) is 0 Å². The fourth-order valence-electron chi connectivity index (χ4n) is 0.553. The summed E-state index contributed by atoms with van der Waals surface area (Å²) in [7, 11) is 0. The van der Waals surface area contributed by atoms with Crippen LogP contribution in [0.15, 0.2) is 24.7 Å². The number of carboxylic acid groups (broad SMARTS) is 1. The molecule has 0 saturated carbocycles. The van der Waals surface area contributed by atoms with Crippen molar-refractivity contribution in [3.05, 3.63) is 30.4 Å². The van der Waals surface area contributed by atoms with Gasteiger partial charge in [0.15, 0.2) is 0 Å². The topological polar surface area (TPSA) is 63.1 Å². The van der Waals surface area contributed by atoms with Crippen molar-refractivity contribution < 1.29 is 9.90 Å². The Morgan fingerprint density at radius 3 is 2.91 bits per heavy atom. The molecule has 1 aromatic rings. The van der Waals surface area contributed by atoms with Crippen molar-refractivity contribution in [2.45, 2.75) is 0 Å². The minimum atomic E-state index is -0.990. The van der Waals surface area contributed by atoms with Gasteiger partial charge in [0, 0.05) is 18.5 Å². The lowest BCUT2D eigenvalue weighted by molar-refractivity contribution is -0.131. The van der Waals surface area contributed by atoms with Crippen molar-refractivity contribution in [2.75, 3.05) is 0 Å². The number of carboxylic acids is 1. The lowest BCUT2D eigenvalue weighted by atomic mass is 10.4. The summed E-state index contributed by atoms with van der Waals surface area (Å²) in [6.45, 7) is 0. The minimum Gasteiger partial charge on any atom is -0.478 e. The highest BCUT2D eigenvalue weighted by atomic mass is 16.4. The van der Waals surface area contributed by atoms with Gasteiger partial charge in [-0.1, -0.05) is 0 Å². The molecule has 1 aromatic heterocycles. The lowest BCUT2D eigenvalue weighted by Gasteiger charge is -1.86. The second-order valence-electron chi connectivity index (χ2n) is 1.80. The summed E-state index contributed by atoms with van der Waals surface area (Å²) in [6.07, 6.45) is 6.92. The van der Waals surface area contributed by atoms with Crippen LogP contribution in [0.5, 0.6) is 0 Å². The van der Waals surface area contributed by atoms with E-state index >= 15 is 0 Å². The van der Waals surface area contributed by atoms with Crippen LogP contribution in [0.2, 0.25) is 0 Å². The zero-order valence-corrected chi connectivity index (χ0v) is 5.64. The Morgan fingerprint density at radius 2 is 2.36 bits per heavy atom. The molecule has 0 atom stereocenters. The standard InChI is InChI=1S/C7H6N2O2/c10-7(11)2-1-6-5-8-3-4-9-6/h1-5H,(H,10,11). The number of rotatable bonds is 2. The highest BCUT2D eigenvalue weighted by Crippen LogP contribution is 1.92. The molecule has 56 valence electrons. The van der Waals surface area contributed by atoms with Gasteiger partial charge in [-0.15, -0.1) is 0 Å². The SMILES string of the molecule is O=C(O)C=Cc1cnccn1. The zero-order chi connectivity index (χ0) is 8.10. The molecule has 0 aliphatic carbocycles. The number of aliphatic carboxylic acids is 1. The van der Waals surface area contributed by atoms with E-state index < -0.39 is 5.97 Å². The molecule has 0 aliphatic heterocycles. The predicted molar refractivity (Wildman–Crippen MR) is 38.7 cm³/mol. The van der Waals surface area contributed by atoms with E-state index in [0.717, 1.165) is 6.08 Å². The fraction of sp³-hybridized carbons (Fsp3) is 0. The molecule has 1 heterocycles. The van der Waals surface area contributed by atoms with Crippen LogP contribution in [0.3, 0.4) is 0 Å². The molecular formula is C7H6N2O2. The first kappa shape index (κ1) is 7.40. The average Bonchev–Trinajstić information content (AvgIpc) is 2.03. The minimum absolute atomic E-state index is 0.537. The molecule has 0 saturated heterocycles. The molecule has 4 nitrogen and oxygen atoms in total. The first-order valence-electron chi connectivity index (χ1n) is 2.96. The van der Waals surface area contributed by atoms with E-state index in [1.54, 1.807) is 0 Å². The lowest BCUT2D eigenvalue weighted by Crippen LogP contribution is -1.87. The average molecular weight is 150 g/mol. The molecule has 0 unspecified atom stereocenters. The van der Waals surface area contributed by atoms with Crippen LogP contribution in [-0.4, -0.2) is 21.0 Å². The van der Waals surface area contributed by atoms with Gasteiger partial charge in [-0.3, -0.25) is 9.97 Å². The molecule has 0 amide bonds. The van der Waals surface area contributed by atoms with Crippen LogP contribution in [0.4, 0.5) is 0 Å². The van der Waals surface area contributed by atoms with Gasteiger partial charge >= 0.3 is 5.97 Å². The Morgan fingerprint density at radius 1 is 1.55 bits per heavy atom. The van der Waals surface area contributed by atoms with Gasteiger partial charge in [0.1, 0.15) is 0 Å². The maximum Gasteiger partial charge on any atom is 0.328 e. The second-order valence-corrected chi connectivity index (χ2v) is 1.80. The van der Waals surface area contributed by atoms with Crippen LogP contribution in [-0.2, 0) is 4.79 Å². The molecule has 0 aromatic carbocycles. The summed E-state index contributed by atoms with van der Waals surface area (Å²) in [6, 6.07) is 0. The summed E-state index contributed by atoms with van der Waals surface area (Å²) in [5, 5.41) is 8.24. The summed E-state index contributed by atoms with van der Waals surface area (Å²) < 4.78 is 0. The Balaban J connectivity index is 2.72. The fourth-order valence-corrected chi connectivity index (χ4v) is 0.553. The molecule has 11 heavy (non-hydrogen) atoms. The maximum absolute atomic E-state index is 10.0. The quantitative estimate of drug-likeness (QED) is 0.626. The van der Waals surface area contributed by atoms with Gasteiger partial charge in [-0.25, -0.2) is 4.79 Å². The Bertz CT molecular complexity index is 269. The monoisotopic (exact) mass is 150 g/mol. The van der Waals surface area contributed by atoms with Crippen molar-refractivity contribution >= 4 is 12.0 Å². The Labute approximate surface area is 63.2 Å². The zero-order valence-electron chi connectivity index (χ0n) is 5.64. The van der Waals surface area contributed by atoms with Crippen LogP contribution in [0, 0.1) is 0 Å². The van der Waals surface area contributed by atoms with Crippen molar-refractivity contribution in [3.63, 3.8) is 0 Å². The highest BCUT2D eigenvalue weighted by Gasteiger charge is 1.87. The summed E-state index contributed by atoms with van der Waals surface area (Å²) in [5.41, 5.74) is 0.537. The third-order valence-electron chi connectivity index (χ3n) is 0.980.